The van der Waals surface area contributed by atoms with Crippen LogP contribution in [0, 0.1) is 20.8 Å². The van der Waals surface area contributed by atoms with E-state index in [0.29, 0.717) is 5.89 Å². The van der Waals surface area contributed by atoms with Crippen molar-refractivity contribution in [3.63, 3.8) is 0 Å². The molecule has 3 aromatic heterocycles. The van der Waals surface area contributed by atoms with Crippen LogP contribution in [0.15, 0.2) is 52.3 Å². The monoisotopic (exact) mass is 392 g/mol. The summed E-state index contributed by atoms with van der Waals surface area (Å²) in [5, 5.41) is 6.79. The number of benzene rings is 1. The third-order valence-electron chi connectivity index (χ3n) is 4.91. The third kappa shape index (κ3) is 3.66. The Bertz CT molecular complexity index is 1060. The minimum absolute atomic E-state index is 0.708. The SMILES string of the molecule is Cc1nn(-c2ccccc2)c(C)c1CN(C)Cc1nc(-c2cccs2)oc1C. The van der Waals surface area contributed by atoms with Gasteiger partial charge in [0, 0.05) is 24.3 Å². The predicted octanol–water partition coefficient (Wildman–Crippen LogP) is 5.15. The number of aromatic nitrogens is 3. The van der Waals surface area contributed by atoms with Gasteiger partial charge in [-0.25, -0.2) is 9.67 Å². The molecule has 3 heterocycles. The lowest BCUT2D eigenvalue weighted by atomic mass is 10.2. The van der Waals surface area contributed by atoms with E-state index in [1.807, 2.05) is 47.3 Å². The number of hydrogen-bond donors (Lipinski definition) is 0. The van der Waals surface area contributed by atoms with Gasteiger partial charge < -0.3 is 4.42 Å². The Balaban J connectivity index is 1.52. The smallest absolute Gasteiger partial charge is 0.236 e. The number of para-hydroxylation sites is 1. The first-order chi connectivity index (χ1) is 13.5. The summed E-state index contributed by atoms with van der Waals surface area (Å²) < 4.78 is 7.90. The molecule has 0 aliphatic rings. The van der Waals surface area contributed by atoms with Crippen LogP contribution in [0.4, 0.5) is 0 Å². The van der Waals surface area contributed by atoms with Crippen LogP contribution >= 0.6 is 11.3 Å². The van der Waals surface area contributed by atoms with Crippen LogP contribution in [0.25, 0.3) is 16.5 Å². The van der Waals surface area contributed by atoms with Gasteiger partial charge in [-0.1, -0.05) is 24.3 Å². The van der Waals surface area contributed by atoms with Crippen molar-refractivity contribution in [2.24, 2.45) is 0 Å². The summed E-state index contributed by atoms with van der Waals surface area (Å²) in [6.45, 7) is 7.73. The Morgan fingerprint density at radius 3 is 2.54 bits per heavy atom. The van der Waals surface area contributed by atoms with E-state index in [-0.39, 0.29) is 0 Å². The van der Waals surface area contributed by atoms with E-state index < -0.39 is 0 Å². The van der Waals surface area contributed by atoms with Crippen LogP contribution in [0.3, 0.4) is 0 Å². The van der Waals surface area contributed by atoms with Gasteiger partial charge in [-0.15, -0.1) is 11.3 Å². The molecular formula is C22H24N4OS. The Hall–Kier alpha value is -2.70. The zero-order valence-electron chi connectivity index (χ0n) is 16.6. The Labute approximate surface area is 169 Å². The first kappa shape index (κ1) is 18.7. The molecule has 0 aliphatic heterocycles. The van der Waals surface area contributed by atoms with Gasteiger partial charge in [0.2, 0.25) is 5.89 Å². The molecule has 4 aromatic rings. The van der Waals surface area contributed by atoms with Crippen LogP contribution in [0.5, 0.6) is 0 Å². The molecule has 0 bridgehead atoms. The molecule has 6 heteroatoms. The number of hydrogen-bond acceptors (Lipinski definition) is 5. The molecule has 28 heavy (non-hydrogen) atoms. The van der Waals surface area contributed by atoms with Gasteiger partial charge in [0.1, 0.15) is 5.76 Å². The van der Waals surface area contributed by atoms with Gasteiger partial charge in [0.15, 0.2) is 0 Å². The molecule has 5 nitrogen and oxygen atoms in total. The largest absolute Gasteiger partial charge is 0.440 e. The highest BCUT2D eigenvalue weighted by Crippen LogP contribution is 2.27. The molecule has 1 aromatic carbocycles. The highest BCUT2D eigenvalue weighted by atomic mass is 32.1. The fourth-order valence-electron chi connectivity index (χ4n) is 3.39. The zero-order chi connectivity index (χ0) is 19.7. The van der Waals surface area contributed by atoms with Crippen LogP contribution in [0.1, 0.15) is 28.4 Å². The number of nitrogens with zero attached hydrogens (tertiary/aromatic N) is 4. The second-order valence-electron chi connectivity index (χ2n) is 7.07. The minimum atomic E-state index is 0.708. The number of aryl methyl sites for hydroxylation is 2. The number of rotatable bonds is 6. The van der Waals surface area contributed by atoms with Crippen molar-refractivity contribution in [3.05, 3.63) is 76.3 Å². The quantitative estimate of drug-likeness (QED) is 0.455. The van der Waals surface area contributed by atoms with Crippen molar-refractivity contribution in [1.29, 1.82) is 0 Å². The molecule has 0 aliphatic carbocycles. The lowest BCUT2D eigenvalue weighted by molar-refractivity contribution is 0.312. The lowest BCUT2D eigenvalue weighted by Gasteiger charge is -2.16. The first-order valence-corrected chi connectivity index (χ1v) is 10.2. The van der Waals surface area contributed by atoms with Crippen LogP contribution < -0.4 is 0 Å². The maximum atomic E-state index is 5.88. The second kappa shape index (κ2) is 7.73. The molecule has 0 N–H and O–H groups in total. The summed E-state index contributed by atoms with van der Waals surface area (Å²) in [6.07, 6.45) is 0. The molecule has 0 saturated carbocycles. The molecule has 144 valence electrons. The minimum Gasteiger partial charge on any atom is -0.440 e. The van der Waals surface area contributed by atoms with Gasteiger partial charge in [-0.2, -0.15) is 5.10 Å². The van der Waals surface area contributed by atoms with Crippen molar-refractivity contribution in [3.8, 4) is 16.5 Å². The highest BCUT2D eigenvalue weighted by molar-refractivity contribution is 7.13. The molecule has 0 saturated heterocycles. The van der Waals surface area contributed by atoms with Crippen LogP contribution in [0.2, 0.25) is 0 Å². The molecule has 0 atom stereocenters. The number of oxazole rings is 1. The van der Waals surface area contributed by atoms with E-state index in [9.17, 15) is 0 Å². The van der Waals surface area contributed by atoms with Crippen LogP contribution in [-0.2, 0) is 13.1 Å². The molecular weight excluding hydrogens is 368 g/mol. The second-order valence-corrected chi connectivity index (χ2v) is 8.02. The van der Waals surface area contributed by atoms with Crippen LogP contribution in [-0.4, -0.2) is 26.7 Å². The summed E-state index contributed by atoms with van der Waals surface area (Å²) >= 11 is 1.64. The fourth-order valence-corrected chi connectivity index (χ4v) is 4.04. The Morgan fingerprint density at radius 2 is 1.82 bits per heavy atom. The molecule has 4 rings (SSSR count). The molecule has 0 amide bonds. The van der Waals surface area contributed by atoms with Gasteiger partial charge >= 0.3 is 0 Å². The van der Waals surface area contributed by atoms with Gasteiger partial charge in [-0.05, 0) is 51.4 Å². The van der Waals surface area contributed by atoms with Crippen molar-refractivity contribution < 1.29 is 4.42 Å². The first-order valence-electron chi connectivity index (χ1n) is 9.32. The van der Waals surface area contributed by atoms with Gasteiger partial charge in [0.25, 0.3) is 0 Å². The van der Waals surface area contributed by atoms with E-state index in [1.165, 1.54) is 11.3 Å². The molecule has 0 radical (unpaired) electrons. The average molecular weight is 393 g/mol. The summed E-state index contributed by atoms with van der Waals surface area (Å²) in [7, 11) is 2.11. The highest BCUT2D eigenvalue weighted by Gasteiger charge is 2.17. The topological polar surface area (TPSA) is 47.1 Å². The third-order valence-corrected chi connectivity index (χ3v) is 5.77. The Kier molecular flexibility index (Phi) is 5.15. The average Bonchev–Trinajstić information content (AvgIpc) is 3.40. The summed E-state index contributed by atoms with van der Waals surface area (Å²) in [6, 6.07) is 14.3. The normalized spacial score (nSPS) is 11.5. The van der Waals surface area contributed by atoms with Crippen molar-refractivity contribution in [1.82, 2.24) is 19.7 Å². The lowest BCUT2D eigenvalue weighted by Crippen LogP contribution is -2.19. The summed E-state index contributed by atoms with van der Waals surface area (Å²) in [5.41, 5.74) is 5.56. The van der Waals surface area contributed by atoms with E-state index in [2.05, 4.69) is 37.9 Å². The van der Waals surface area contributed by atoms with E-state index in [4.69, 9.17) is 14.5 Å². The molecule has 0 fully saturated rings. The zero-order valence-corrected chi connectivity index (χ0v) is 17.5. The maximum Gasteiger partial charge on any atom is 0.236 e. The van der Waals surface area contributed by atoms with Crippen molar-refractivity contribution >= 4 is 11.3 Å². The van der Waals surface area contributed by atoms with Gasteiger partial charge in [-0.3, -0.25) is 4.90 Å². The maximum absolute atomic E-state index is 5.88. The van der Waals surface area contributed by atoms with E-state index >= 15 is 0 Å². The van der Waals surface area contributed by atoms with Crippen molar-refractivity contribution in [2.75, 3.05) is 7.05 Å². The van der Waals surface area contributed by atoms with Crippen molar-refractivity contribution in [2.45, 2.75) is 33.9 Å². The molecule has 0 unspecified atom stereocenters. The van der Waals surface area contributed by atoms with E-state index in [0.717, 1.165) is 40.8 Å². The summed E-state index contributed by atoms with van der Waals surface area (Å²) in [4.78, 5) is 8.03. The molecule has 0 spiro atoms. The fraction of sp³-hybridized carbons (Fsp3) is 0.273. The number of thiophene rings is 1. The van der Waals surface area contributed by atoms with E-state index in [1.54, 1.807) is 11.3 Å². The Morgan fingerprint density at radius 1 is 1.04 bits per heavy atom. The standard InChI is InChI=1S/C22H24N4OS/c1-15-19(16(2)26(24-15)18-9-6-5-7-10-18)13-25(4)14-20-17(3)27-22(23-20)21-11-8-12-28-21/h5-12H,13-14H2,1-4H3. The predicted molar refractivity (Wildman–Crippen MR) is 113 cm³/mol. The van der Waals surface area contributed by atoms with Gasteiger partial charge in [0.05, 0.1) is 22.0 Å². The summed E-state index contributed by atoms with van der Waals surface area (Å²) in [5.74, 6) is 1.59.